The topological polar surface area (TPSA) is 23.8 Å². The number of aryl methyl sites for hydroxylation is 1. The molecule has 0 saturated heterocycles. The summed E-state index contributed by atoms with van der Waals surface area (Å²) < 4.78 is 28.0. The summed E-state index contributed by atoms with van der Waals surface area (Å²) >= 11 is 0. The second-order valence-electron chi connectivity index (χ2n) is 8.21. The molecule has 140 valence electrons. The molecule has 0 N–H and O–H groups in total. The van der Waals surface area contributed by atoms with Crippen molar-refractivity contribution < 1.29 is 8.78 Å². The summed E-state index contributed by atoms with van der Waals surface area (Å²) in [6.45, 7) is 2.28. The fourth-order valence-corrected chi connectivity index (χ4v) is 5.31. The van der Waals surface area contributed by atoms with E-state index in [-0.39, 0.29) is 0 Å². The van der Waals surface area contributed by atoms with Crippen molar-refractivity contribution >= 4 is 0 Å². The molecule has 2 aliphatic rings. The summed E-state index contributed by atoms with van der Waals surface area (Å²) in [5.41, 5.74) is 3.59. The van der Waals surface area contributed by atoms with Gasteiger partial charge in [0.2, 0.25) is 0 Å². The normalized spacial score (nSPS) is 24.0. The van der Waals surface area contributed by atoms with Crippen LogP contribution >= 0.6 is 0 Å². The highest BCUT2D eigenvalue weighted by Crippen LogP contribution is 2.48. The fraction of sp³-hybridized carbons (Fsp3) is 0.458. The van der Waals surface area contributed by atoms with Gasteiger partial charge < -0.3 is 0 Å². The van der Waals surface area contributed by atoms with Gasteiger partial charge >= 0.3 is 0 Å². The Morgan fingerprint density at radius 3 is 2.52 bits per heavy atom. The molecule has 0 radical (unpaired) electrons. The average molecular weight is 365 g/mol. The number of halogens is 2. The van der Waals surface area contributed by atoms with Crippen LogP contribution in [0.1, 0.15) is 68.1 Å². The lowest BCUT2D eigenvalue weighted by atomic mass is 9.64. The van der Waals surface area contributed by atoms with Crippen LogP contribution in [0.15, 0.2) is 30.3 Å². The number of rotatable bonds is 3. The van der Waals surface area contributed by atoms with Gasteiger partial charge in [0, 0.05) is 0 Å². The molecule has 1 nitrogen and oxygen atoms in total. The van der Waals surface area contributed by atoms with Crippen LogP contribution in [-0.4, -0.2) is 0 Å². The molecule has 3 atom stereocenters. The second-order valence-corrected chi connectivity index (χ2v) is 8.21. The summed E-state index contributed by atoms with van der Waals surface area (Å²) in [7, 11) is 0. The van der Waals surface area contributed by atoms with Crippen LogP contribution in [0.2, 0.25) is 0 Å². The first-order valence-electron chi connectivity index (χ1n) is 10.1. The van der Waals surface area contributed by atoms with E-state index >= 15 is 0 Å². The van der Waals surface area contributed by atoms with Gasteiger partial charge in [0.25, 0.3) is 0 Å². The first kappa shape index (κ1) is 18.2. The summed E-state index contributed by atoms with van der Waals surface area (Å²) in [6, 6.07) is 10.4. The van der Waals surface area contributed by atoms with Crippen LogP contribution < -0.4 is 0 Å². The zero-order valence-electron chi connectivity index (χ0n) is 15.8. The highest BCUT2D eigenvalue weighted by Gasteiger charge is 2.34. The Morgan fingerprint density at radius 1 is 1.04 bits per heavy atom. The Bertz CT molecular complexity index is 873. The fourth-order valence-electron chi connectivity index (χ4n) is 5.31. The van der Waals surface area contributed by atoms with Crippen LogP contribution in [-0.2, 0) is 6.42 Å². The van der Waals surface area contributed by atoms with Gasteiger partial charge in [-0.05, 0) is 84.2 Å². The molecular formula is C24H25F2N. The molecule has 0 heterocycles. The van der Waals surface area contributed by atoms with Crippen molar-refractivity contribution in [3.05, 3.63) is 58.7 Å². The van der Waals surface area contributed by atoms with E-state index in [1.807, 2.05) is 6.07 Å². The van der Waals surface area contributed by atoms with Crippen molar-refractivity contribution in [3.8, 4) is 17.2 Å². The predicted octanol–water partition coefficient (Wildman–Crippen LogP) is 6.75. The Morgan fingerprint density at radius 2 is 1.81 bits per heavy atom. The summed E-state index contributed by atoms with van der Waals surface area (Å²) in [5, 5.41) is 8.85. The number of nitriles is 1. The molecule has 27 heavy (non-hydrogen) atoms. The molecule has 0 aliphatic heterocycles. The van der Waals surface area contributed by atoms with E-state index in [1.165, 1.54) is 61.8 Å². The van der Waals surface area contributed by atoms with E-state index in [0.29, 0.717) is 11.5 Å². The van der Waals surface area contributed by atoms with E-state index in [4.69, 9.17) is 5.26 Å². The SMILES string of the molecule is CCCC1CCC2c3ccc(-c4cc(F)c(C#N)c(F)c4)cc3CCC2C1. The third-order valence-corrected chi connectivity index (χ3v) is 6.60. The summed E-state index contributed by atoms with van der Waals surface area (Å²) in [6.07, 6.45) is 8.84. The number of benzene rings is 2. The van der Waals surface area contributed by atoms with Crippen LogP contribution in [0.3, 0.4) is 0 Å². The monoisotopic (exact) mass is 365 g/mol. The molecule has 2 aliphatic carbocycles. The number of fused-ring (bicyclic) bond motifs is 3. The van der Waals surface area contributed by atoms with E-state index in [9.17, 15) is 8.78 Å². The van der Waals surface area contributed by atoms with Gasteiger partial charge in [-0.1, -0.05) is 38.0 Å². The maximum atomic E-state index is 14.0. The van der Waals surface area contributed by atoms with Gasteiger partial charge in [-0.15, -0.1) is 0 Å². The first-order chi connectivity index (χ1) is 13.1. The molecule has 0 aromatic heterocycles. The van der Waals surface area contributed by atoms with Crippen molar-refractivity contribution in [2.24, 2.45) is 11.8 Å². The minimum Gasteiger partial charge on any atom is -0.205 e. The predicted molar refractivity (Wildman–Crippen MR) is 103 cm³/mol. The van der Waals surface area contributed by atoms with Crippen molar-refractivity contribution in [2.75, 3.05) is 0 Å². The standard InChI is InChI=1S/C24H25F2N/c1-2-3-15-4-8-20-17(10-15)5-6-18-11-16(7-9-21(18)20)19-12-23(25)22(14-27)24(26)13-19/h7,9,11-13,15,17,20H,2-6,8,10H2,1H3. The van der Waals surface area contributed by atoms with E-state index in [2.05, 4.69) is 19.1 Å². The number of hydrogen-bond acceptors (Lipinski definition) is 1. The molecule has 1 saturated carbocycles. The van der Waals surface area contributed by atoms with Crippen LogP contribution in [0.5, 0.6) is 0 Å². The summed E-state index contributed by atoms with van der Waals surface area (Å²) in [5.74, 6) is 0.740. The Hall–Kier alpha value is -2.21. The molecule has 0 spiro atoms. The van der Waals surface area contributed by atoms with Gasteiger partial charge in [-0.3, -0.25) is 0 Å². The smallest absolute Gasteiger partial charge is 0.144 e. The van der Waals surface area contributed by atoms with Gasteiger partial charge in [-0.2, -0.15) is 5.26 Å². The average Bonchev–Trinajstić information content (AvgIpc) is 2.67. The van der Waals surface area contributed by atoms with E-state index < -0.39 is 17.2 Å². The third kappa shape index (κ3) is 3.38. The van der Waals surface area contributed by atoms with E-state index in [0.717, 1.165) is 23.8 Å². The Kier molecular flexibility index (Phi) is 5.00. The maximum absolute atomic E-state index is 14.0. The quantitative estimate of drug-likeness (QED) is 0.590. The summed E-state index contributed by atoms with van der Waals surface area (Å²) in [4.78, 5) is 0. The number of nitrogens with zero attached hydrogens (tertiary/aromatic N) is 1. The third-order valence-electron chi connectivity index (χ3n) is 6.60. The highest BCUT2D eigenvalue weighted by atomic mass is 19.1. The first-order valence-corrected chi connectivity index (χ1v) is 10.1. The molecule has 4 rings (SSSR count). The van der Waals surface area contributed by atoms with Crippen molar-refractivity contribution in [3.63, 3.8) is 0 Å². The van der Waals surface area contributed by atoms with Gasteiger partial charge in [-0.25, -0.2) is 8.78 Å². The van der Waals surface area contributed by atoms with E-state index in [1.54, 1.807) is 6.07 Å². The zero-order chi connectivity index (χ0) is 19.0. The molecule has 0 bridgehead atoms. The van der Waals surface area contributed by atoms with Crippen LogP contribution in [0, 0.1) is 34.8 Å². The second kappa shape index (κ2) is 7.43. The van der Waals surface area contributed by atoms with Crippen molar-refractivity contribution in [1.82, 2.24) is 0 Å². The Balaban J connectivity index is 1.62. The lowest BCUT2D eigenvalue weighted by molar-refractivity contribution is 0.201. The Labute approximate surface area is 160 Å². The van der Waals surface area contributed by atoms with Crippen molar-refractivity contribution in [1.29, 1.82) is 5.26 Å². The molecule has 3 heteroatoms. The van der Waals surface area contributed by atoms with Gasteiger partial charge in [0.05, 0.1) is 0 Å². The molecule has 1 fully saturated rings. The largest absolute Gasteiger partial charge is 0.205 e. The number of hydrogen-bond donors (Lipinski definition) is 0. The van der Waals surface area contributed by atoms with Crippen LogP contribution in [0.4, 0.5) is 8.78 Å². The molecule has 2 aromatic rings. The van der Waals surface area contributed by atoms with Crippen molar-refractivity contribution in [2.45, 2.75) is 57.8 Å². The van der Waals surface area contributed by atoms with Gasteiger partial charge in [0.15, 0.2) is 0 Å². The molecular weight excluding hydrogens is 340 g/mol. The highest BCUT2D eigenvalue weighted by molar-refractivity contribution is 5.66. The molecule has 2 aromatic carbocycles. The zero-order valence-corrected chi connectivity index (χ0v) is 15.8. The molecule has 3 unspecified atom stereocenters. The van der Waals surface area contributed by atoms with Gasteiger partial charge in [0.1, 0.15) is 23.3 Å². The lowest BCUT2D eigenvalue weighted by Gasteiger charge is -2.40. The molecule has 0 amide bonds. The lowest BCUT2D eigenvalue weighted by Crippen LogP contribution is -2.28. The maximum Gasteiger partial charge on any atom is 0.144 e. The van der Waals surface area contributed by atoms with Crippen LogP contribution in [0.25, 0.3) is 11.1 Å². The minimum atomic E-state index is -0.792. The minimum absolute atomic E-state index is 0.501.